The van der Waals surface area contributed by atoms with E-state index in [0.717, 1.165) is 48.5 Å². The van der Waals surface area contributed by atoms with Gasteiger partial charge >= 0.3 is 0 Å². The van der Waals surface area contributed by atoms with Crippen molar-refractivity contribution in [3.05, 3.63) is 58.9 Å². The second kappa shape index (κ2) is 9.49. The lowest BCUT2D eigenvalue weighted by atomic mass is 10.1. The summed E-state index contributed by atoms with van der Waals surface area (Å²) in [7, 11) is 1.68. The Morgan fingerprint density at radius 2 is 2.20 bits per heavy atom. The molecule has 0 aliphatic carbocycles. The number of benzene rings is 2. The summed E-state index contributed by atoms with van der Waals surface area (Å²) in [5.74, 6) is 2.00. The maximum Gasteiger partial charge on any atom is 0.222 e. The van der Waals surface area contributed by atoms with Crippen molar-refractivity contribution in [3.63, 3.8) is 0 Å². The van der Waals surface area contributed by atoms with Gasteiger partial charge in [-0.15, -0.1) is 0 Å². The van der Waals surface area contributed by atoms with Gasteiger partial charge in [0.1, 0.15) is 11.6 Å². The summed E-state index contributed by atoms with van der Waals surface area (Å²) in [5.41, 5.74) is 3.03. The number of methoxy groups -OCH3 is 1. The zero-order valence-corrected chi connectivity index (χ0v) is 17.9. The van der Waals surface area contributed by atoms with Gasteiger partial charge in [0.15, 0.2) is 0 Å². The van der Waals surface area contributed by atoms with Crippen LogP contribution in [0, 0.1) is 0 Å². The highest BCUT2D eigenvalue weighted by Gasteiger charge is 2.30. The molecule has 0 spiro atoms. The minimum absolute atomic E-state index is 0.243. The van der Waals surface area contributed by atoms with Crippen molar-refractivity contribution in [2.75, 3.05) is 20.2 Å². The van der Waals surface area contributed by atoms with Gasteiger partial charge in [-0.05, 0) is 55.3 Å². The maximum atomic E-state index is 12.4. The second-order valence-electron chi connectivity index (χ2n) is 7.69. The molecule has 30 heavy (non-hydrogen) atoms. The fourth-order valence-electron chi connectivity index (χ4n) is 4.06. The number of carbonyl (C=O) groups is 1. The summed E-state index contributed by atoms with van der Waals surface area (Å²) in [4.78, 5) is 22.3. The fraction of sp³-hybridized carbons (Fsp3) is 0.391. The van der Waals surface area contributed by atoms with Gasteiger partial charge in [-0.1, -0.05) is 23.7 Å². The molecule has 0 unspecified atom stereocenters. The predicted molar refractivity (Wildman–Crippen MR) is 119 cm³/mol. The van der Waals surface area contributed by atoms with Gasteiger partial charge in [-0.2, -0.15) is 0 Å². The number of H-pyrrole nitrogens is 1. The number of ether oxygens (including phenoxy) is 1. The normalized spacial score (nSPS) is 16.5. The molecule has 1 aromatic heterocycles. The first-order valence-electron chi connectivity index (χ1n) is 10.4. The Labute approximate surface area is 181 Å². The van der Waals surface area contributed by atoms with Gasteiger partial charge in [0.05, 0.1) is 18.1 Å². The van der Waals surface area contributed by atoms with E-state index < -0.39 is 0 Å². The number of hydrogen-bond donors (Lipinski definition) is 2. The molecule has 2 heterocycles. The van der Waals surface area contributed by atoms with Crippen LogP contribution in [0.2, 0.25) is 5.02 Å². The van der Waals surface area contributed by atoms with Crippen LogP contribution in [0.25, 0.3) is 11.0 Å². The van der Waals surface area contributed by atoms with Crippen molar-refractivity contribution < 1.29 is 9.53 Å². The number of rotatable bonds is 9. The third-order valence-corrected chi connectivity index (χ3v) is 5.89. The standard InChI is InChI=1S/C23H27ClN4O2/c1-30-19-4-2-3-16(13-19)15-25-11-9-18-6-8-23(29)28(18)12-10-22-26-20-7-5-17(24)14-21(20)27-22/h2-5,7,13-14,18,25H,6,8-12,15H2,1H3,(H,26,27)/t18-/m0/s1. The molecule has 3 aromatic rings. The van der Waals surface area contributed by atoms with Crippen LogP contribution in [0.15, 0.2) is 42.5 Å². The monoisotopic (exact) mass is 426 g/mol. The van der Waals surface area contributed by atoms with Gasteiger partial charge in [0.2, 0.25) is 5.91 Å². The Morgan fingerprint density at radius 3 is 3.07 bits per heavy atom. The van der Waals surface area contributed by atoms with Crippen molar-refractivity contribution >= 4 is 28.5 Å². The van der Waals surface area contributed by atoms with Gasteiger partial charge in [-0.25, -0.2) is 4.98 Å². The third kappa shape index (κ3) is 4.94. The number of hydrogen-bond acceptors (Lipinski definition) is 4. The highest BCUT2D eigenvalue weighted by atomic mass is 35.5. The van der Waals surface area contributed by atoms with Crippen LogP contribution in [0.5, 0.6) is 5.75 Å². The van der Waals surface area contributed by atoms with E-state index in [1.54, 1.807) is 7.11 Å². The lowest BCUT2D eigenvalue weighted by Gasteiger charge is -2.24. The molecule has 6 nitrogen and oxygen atoms in total. The molecule has 1 fully saturated rings. The first kappa shape index (κ1) is 20.7. The number of imidazole rings is 1. The summed E-state index contributed by atoms with van der Waals surface area (Å²) in [6.45, 7) is 2.35. The van der Waals surface area contributed by atoms with Crippen LogP contribution < -0.4 is 10.1 Å². The van der Waals surface area contributed by atoms with E-state index in [1.807, 2.05) is 41.3 Å². The van der Waals surface area contributed by atoms with Crippen LogP contribution in [0.4, 0.5) is 0 Å². The first-order valence-corrected chi connectivity index (χ1v) is 10.8. The number of aromatic amines is 1. The van der Waals surface area contributed by atoms with Crippen molar-refractivity contribution in [2.45, 2.75) is 38.3 Å². The van der Waals surface area contributed by atoms with Crippen molar-refractivity contribution in [2.24, 2.45) is 0 Å². The molecule has 0 saturated carbocycles. The Morgan fingerprint density at radius 1 is 1.30 bits per heavy atom. The highest BCUT2D eigenvalue weighted by Crippen LogP contribution is 2.22. The number of aromatic nitrogens is 2. The number of halogens is 1. The zero-order chi connectivity index (χ0) is 20.9. The molecule has 1 aliphatic rings. The molecule has 2 N–H and O–H groups in total. The summed E-state index contributed by atoms with van der Waals surface area (Å²) >= 11 is 6.05. The van der Waals surface area contributed by atoms with E-state index in [1.165, 1.54) is 5.56 Å². The minimum atomic E-state index is 0.243. The van der Waals surface area contributed by atoms with Gasteiger partial charge in [-0.3, -0.25) is 4.79 Å². The van der Waals surface area contributed by atoms with Gasteiger partial charge in [0, 0.05) is 37.0 Å². The minimum Gasteiger partial charge on any atom is -0.497 e. The van der Waals surface area contributed by atoms with E-state index in [9.17, 15) is 4.79 Å². The van der Waals surface area contributed by atoms with Crippen LogP contribution in [0.1, 0.15) is 30.7 Å². The molecule has 1 saturated heterocycles. The molecule has 2 aromatic carbocycles. The Balaban J connectivity index is 1.27. The molecule has 4 rings (SSSR count). The van der Waals surface area contributed by atoms with E-state index in [2.05, 4.69) is 21.4 Å². The molecule has 1 amide bonds. The largest absolute Gasteiger partial charge is 0.497 e. The summed E-state index contributed by atoms with van der Waals surface area (Å²) in [6, 6.07) is 14.0. The quantitative estimate of drug-likeness (QED) is 0.508. The van der Waals surface area contributed by atoms with Crippen LogP contribution in [-0.2, 0) is 17.8 Å². The van der Waals surface area contributed by atoms with E-state index in [-0.39, 0.29) is 11.9 Å². The van der Waals surface area contributed by atoms with E-state index in [0.29, 0.717) is 24.4 Å². The van der Waals surface area contributed by atoms with Crippen LogP contribution >= 0.6 is 11.6 Å². The third-order valence-electron chi connectivity index (χ3n) is 5.65. The van der Waals surface area contributed by atoms with Crippen molar-refractivity contribution in [1.29, 1.82) is 0 Å². The van der Waals surface area contributed by atoms with Gasteiger partial charge in [0.25, 0.3) is 0 Å². The van der Waals surface area contributed by atoms with E-state index >= 15 is 0 Å². The molecule has 1 atom stereocenters. The molecule has 158 valence electrons. The maximum absolute atomic E-state index is 12.4. The number of nitrogens with zero attached hydrogens (tertiary/aromatic N) is 2. The lowest BCUT2D eigenvalue weighted by molar-refractivity contribution is -0.129. The fourth-order valence-corrected chi connectivity index (χ4v) is 4.24. The second-order valence-corrected chi connectivity index (χ2v) is 8.13. The van der Waals surface area contributed by atoms with Crippen LogP contribution in [0.3, 0.4) is 0 Å². The molecule has 0 radical (unpaired) electrons. The number of nitrogens with one attached hydrogen (secondary N) is 2. The molecular weight excluding hydrogens is 400 g/mol. The molecule has 0 bridgehead atoms. The predicted octanol–water partition coefficient (Wildman–Crippen LogP) is 3.94. The van der Waals surface area contributed by atoms with Gasteiger partial charge < -0.3 is 19.9 Å². The van der Waals surface area contributed by atoms with Crippen LogP contribution in [-0.4, -0.2) is 47.0 Å². The first-order chi connectivity index (χ1) is 14.6. The van der Waals surface area contributed by atoms with Crippen molar-refractivity contribution in [3.8, 4) is 5.75 Å². The number of likely N-dealkylation sites (tertiary alicyclic amines) is 1. The summed E-state index contributed by atoms with van der Waals surface area (Å²) < 4.78 is 5.27. The summed E-state index contributed by atoms with van der Waals surface area (Å²) in [5, 5.41) is 4.18. The molecule has 7 heteroatoms. The summed E-state index contributed by atoms with van der Waals surface area (Å²) in [6.07, 6.45) is 3.23. The number of amides is 1. The molecular formula is C23H27ClN4O2. The molecule has 1 aliphatic heterocycles. The topological polar surface area (TPSA) is 70.2 Å². The average Bonchev–Trinajstić information content (AvgIpc) is 3.32. The Kier molecular flexibility index (Phi) is 6.55. The Bertz CT molecular complexity index is 1020. The lowest BCUT2D eigenvalue weighted by Crippen LogP contribution is -2.36. The van der Waals surface area contributed by atoms with Crippen molar-refractivity contribution in [1.82, 2.24) is 20.2 Å². The highest BCUT2D eigenvalue weighted by molar-refractivity contribution is 6.31. The zero-order valence-electron chi connectivity index (χ0n) is 17.2. The SMILES string of the molecule is COc1cccc(CNCC[C@@H]2CCC(=O)N2CCc2nc3ccc(Cl)cc3[nH]2)c1. The average molecular weight is 427 g/mol. The Hall–Kier alpha value is -2.57. The smallest absolute Gasteiger partial charge is 0.222 e. The number of carbonyl (C=O) groups excluding carboxylic acids is 1. The van der Waals surface area contributed by atoms with E-state index in [4.69, 9.17) is 16.3 Å². The number of fused-ring (bicyclic) bond motifs is 1.